The first-order valence-electron chi connectivity index (χ1n) is 6.68. The van der Waals surface area contributed by atoms with Crippen molar-refractivity contribution in [1.29, 1.82) is 0 Å². The van der Waals surface area contributed by atoms with Gasteiger partial charge in [-0.3, -0.25) is 0 Å². The molecular weight excluding hydrogens is 226 g/mol. The molecule has 0 spiro atoms. The van der Waals surface area contributed by atoms with E-state index in [1.807, 2.05) is 30.3 Å². The minimum Gasteiger partial charge on any atom is -0.394 e. The summed E-state index contributed by atoms with van der Waals surface area (Å²) in [7, 11) is 0. The van der Waals surface area contributed by atoms with E-state index in [0.29, 0.717) is 0 Å². The summed E-state index contributed by atoms with van der Waals surface area (Å²) in [5.41, 5.74) is 1.13. The van der Waals surface area contributed by atoms with Crippen LogP contribution in [-0.2, 0) is 4.74 Å². The average Bonchev–Trinajstić information content (AvgIpc) is 2.71. The highest BCUT2D eigenvalue weighted by molar-refractivity contribution is 5.18. The Morgan fingerprint density at radius 2 is 2.11 bits per heavy atom. The van der Waals surface area contributed by atoms with Crippen LogP contribution in [0.5, 0.6) is 0 Å². The van der Waals surface area contributed by atoms with Gasteiger partial charge < -0.3 is 15.2 Å². The third-order valence-corrected chi connectivity index (χ3v) is 3.53. The number of aliphatic hydroxyl groups excluding tert-OH is 1. The molecule has 18 heavy (non-hydrogen) atoms. The lowest BCUT2D eigenvalue weighted by molar-refractivity contribution is -0.0157. The van der Waals surface area contributed by atoms with Crippen LogP contribution in [0.15, 0.2) is 30.3 Å². The van der Waals surface area contributed by atoms with Gasteiger partial charge >= 0.3 is 0 Å². The second-order valence-corrected chi connectivity index (χ2v) is 5.59. The predicted octanol–water partition coefficient (Wildman–Crippen LogP) is 2.27. The monoisotopic (exact) mass is 249 g/mol. The Kier molecular flexibility index (Phi) is 4.38. The van der Waals surface area contributed by atoms with E-state index in [0.717, 1.165) is 24.9 Å². The molecule has 0 aromatic heterocycles. The van der Waals surface area contributed by atoms with Gasteiger partial charge in [-0.2, -0.15) is 0 Å². The molecule has 1 aromatic carbocycles. The molecule has 1 heterocycles. The largest absolute Gasteiger partial charge is 0.394 e. The van der Waals surface area contributed by atoms with Gasteiger partial charge in [0, 0.05) is 6.54 Å². The molecule has 2 rings (SSSR count). The molecule has 3 heteroatoms. The van der Waals surface area contributed by atoms with Crippen molar-refractivity contribution in [2.75, 3.05) is 13.2 Å². The van der Waals surface area contributed by atoms with Crippen LogP contribution in [0.25, 0.3) is 0 Å². The summed E-state index contributed by atoms with van der Waals surface area (Å²) in [5, 5.41) is 12.8. The third-order valence-electron chi connectivity index (χ3n) is 3.53. The second-order valence-electron chi connectivity index (χ2n) is 5.59. The summed E-state index contributed by atoms with van der Waals surface area (Å²) in [6.45, 7) is 5.17. The predicted molar refractivity (Wildman–Crippen MR) is 72.5 cm³/mol. The van der Waals surface area contributed by atoms with Crippen LogP contribution >= 0.6 is 0 Å². The molecule has 100 valence electrons. The van der Waals surface area contributed by atoms with Gasteiger partial charge in [-0.05, 0) is 32.3 Å². The summed E-state index contributed by atoms with van der Waals surface area (Å²) in [5.74, 6) is 0. The van der Waals surface area contributed by atoms with Crippen molar-refractivity contribution in [3.63, 3.8) is 0 Å². The molecule has 0 aliphatic carbocycles. The van der Waals surface area contributed by atoms with Crippen LogP contribution in [-0.4, -0.2) is 30.0 Å². The molecule has 1 aliphatic heterocycles. The van der Waals surface area contributed by atoms with Crippen molar-refractivity contribution < 1.29 is 9.84 Å². The lowest BCUT2D eigenvalue weighted by atomic mass is 10.0. The molecule has 1 fully saturated rings. The van der Waals surface area contributed by atoms with E-state index in [1.165, 1.54) is 0 Å². The fourth-order valence-electron chi connectivity index (χ4n) is 2.47. The normalized spacial score (nSPS) is 24.1. The van der Waals surface area contributed by atoms with Crippen LogP contribution < -0.4 is 5.32 Å². The Bertz CT molecular complexity index is 364. The quantitative estimate of drug-likeness (QED) is 0.841. The van der Waals surface area contributed by atoms with Crippen molar-refractivity contribution in [2.45, 2.75) is 44.4 Å². The standard InChI is InChI=1S/C15H23NO2/c1-15(2)9-8-13(18-15)10-16-14(11-17)12-6-4-3-5-7-12/h3-7,13-14,16-17H,8-11H2,1-2H3. The summed E-state index contributed by atoms with van der Waals surface area (Å²) >= 11 is 0. The number of benzene rings is 1. The number of rotatable bonds is 5. The maximum absolute atomic E-state index is 9.45. The summed E-state index contributed by atoms with van der Waals surface area (Å²) in [4.78, 5) is 0. The van der Waals surface area contributed by atoms with E-state index in [9.17, 15) is 5.11 Å². The first-order valence-corrected chi connectivity index (χ1v) is 6.68. The third kappa shape index (κ3) is 3.55. The number of nitrogens with one attached hydrogen (secondary N) is 1. The smallest absolute Gasteiger partial charge is 0.0708 e. The van der Waals surface area contributed by atoms with Gasteiger partial charge in [-0.25, -0.2) is 0 Å². The van der Waals surface area contributed by atoms with Gasteiger partial charge in [0.05, 0.1) is 24.4 Å². The Morgan fingerprint density at radius 3 is 2.67 bits per heavy atom. The van der Waals surface area contributed by atoms with Gasteiger partial charge in [0.1, 0.15) is 0 Å². The Morgan fingerprint density at radius 1 is 1.39 bits per heavy atom. The molecule has 3 nitrogen and oxygen atoms in total. The molecule has 2 unspecified atom stereocenters. The molecule has 0 saturated carbocycles. The zero-order valence-electron chi connectivity index (χ0n) is 11.2. The van der Waals surface area contributed by atoms with E-state index in [2.05, 4.69) is 19.2 Å². The number of hydrogen-bond acceptors (Lipinski definition) is 3. The summed E-state index contributed by atoms with van der Waals surface area (Å²) in [6.07, 6.45) is 2.46. The number of aliphatic hydroxyl groups is 1. The molecule has 0 radical (unpaired) electrons. The zero-order valence-corrected chi connectivity index (χ0v) is 11.2. The molecule has 0 bridgehead atoms. The van der Waals surface area contributed by atoms with E-state index in [-0.39, 0.29) is 24.4 Å². The minimum absolute atomic E-state index is 0.00138. The van der Waals surface area contributed by atoms with Gasteiger partial charge in [0.25, 0.3) is 0 Å². The van der Waals surface area contributed by atoms with Crippen molar-refractivity contribution >= 4 is 0 Å². The van der Waals surface area contributed by atoms with Crippen LogP contribution in [0.3, 0.4) is 0 Å². The van der Waals surface area contributed by atoms with Gasteiger partial charge in [0.2, 0.25) is 0 Å². The minimum atomic E-state index is -0.00138. The highest BCUT2D eigenvalue weighted by atomic mass is 16.5. The maximum atomic E-state index is 9.45. The molecule has 2 N–H and O–H groups in total. The maximum Gasteiger partial charge on any atom is 0.0708 e. The van der Waals surface area contributed by atoms with Crippen molar-refractivity contribution in [3.05, 3.63) is 35.9 Å². The van der Waals surface area contributed by atoms with Gasteiger partial charge in [-0.15, -0.1) is 0 Å². The number of hydrogen-bond donors (Lipinski definition) is 2. The van der Waals surface area contributed by atoms with E-state index in [4.69, 9.17) is 4.74 Å². The zero-order chi connectivity index (χ0) is 13.0. The van der Waals surface area contributed by atoms with Crippen LogP contribution in [0.2, 0.25) is 0 Å². The first-order chi connectivity index (χ1) is 8.61. The highest BCUT2D eigenvalue weighted by Crippen LogP contribution is 2.29. The fraction of sp³-hybridized carbons (Fsp3) is 0.600. The number of ether oxygens (including phenoxy) is 1. The lowest BCUT2D eigenvalue weighted by Gasteiger charge is -2.22. The Balaban J connectivity index is 1.85. The van der Waals surface area contributed by atoms with Crippen LogP contribution in [0.1, 0.15) is 38.3 Å². The van der Waals surface area contributed by atoms with E-state index >= 15 is 0 Å². The molecule has 1 aromatic rings. The fourth-order valence-corrected chi connectivity index (χ4v) is 2.47. The van der Waals surface area contributed by atoms with Crippen LogP contribution in [0, 0.1) is 0 Å². The van der Waals surface area contributed by atoms with E-state index < -0.39 is 0 Å². The SMILES string of the molecule is CC1(C)CCC(CNC(CO)c2ccccc2)O1. The topological polar surface area (TPSA) is 41.5 Å². The van der Waals surface area contributed by atoms with Gasteiger partial charge in [0.15, 0.2) is 0 Å². The van der Waals surface area contributed by atoms with E-state index in [1.54, 1.807) is 0 Å². The van der Waals surface area contributed by atoms with Gasteiger partial charge in [-0.1, -0.05) is 30.3 Å². The summed E-state index contributed by atoms with van der Waals surface area (Å²) in [6, 6.07) is 10.0. The highest BCUT2D eigenvalue weighted by Gasteiger charge is 2.31. The summed E-state index contributed by atoms with van der Waals surface area (Å²) < 4.78 is 5.94. The van der Waals surface area contributed by atoms with Crippen LogP contribution in [0.4, 0.5) is 0 Å². The van der Waals surface area contributed by atoms with Crippen molar-refractivity contribution in [1.82, 2.24) is 5.32 Å². The van der Waals surface area contributed by atoms with Crippen molar-refractivity contribution in [2.24, 2.45) is 0 Å². The molecule has 1 aliphatic rings. The Labute approximate surface area is 109 Å². The molecular formula is C15H23NO2. The molecule has 1 saturated heterocycles. The average molecular weight is 249 g/mol. The second kappa shape index (κ2) is 5.83. The molecule has 0 amide bonds. The lowest BCUT2D eigenvalue weighted by Crippen LogP contribution is -2.33. The first kappa shape index (κ1) is 13.5. The Hall–Kier alpha value is -0.900. The molecule has 2 atom stereocenters. The van der Waals surface area contributed by atoms with Crippen molar-refractivity contribution in [3.8, 4) is 0 Å².